The number of rotatable bonds is 11. The van der Waals surface area contributed by atoms with Crippen LogP contribution in [0.15, 0.2) is 42.5 Å². The molecule has 5 N–H and O–H groups in total. The van der Waals surface area contributed by atoms with Crippen LogP contribution in [-0.4, -0.2) is 55.6 Å². The van der Waals surface area contributed by atoms with Crippen LogP contribution in [0.5, 0.6) is 11.5 Å². The second kappa shape index (κ2) is 12.8. The van der Waals surface area contributed by atoms with Gasteiger partial charge >= 0.3 is 0 Å². The largest absolute Gasteiger partial charge is 0.493 e. The monoisotopic (exact) mass is 567 g/mol. The Kier molecular flexibility index (Phi) is 9.22. The summed E-state index contributed by atoms with van der Waals surface area (Å²) >= 11 is 0.757. The summed E-state index contributed by atoms with van der Waals surface area (Å²) in [5, 5.41) is 2.97. The molecule has 12 heteroatoms. The molecule has 2 heterocycles. The third-order valence-corrected chi connectivity index (χ3v) is 7.62. The van der Waals surface area contributed by atoms with E-state index in [1.807, 2.05) is 19.1 Å². The van der Waals surface area contributed by atoms with Gasteiger partial charge < -0.3 is 31.0 Å². The minimum Gasteiger partial charge on any atom is -0.493 e. The van der Waals surface area contributed by atoms with Crippen molar-refractivity contribution < 1.29 is 28.6 Å². The van der Waals surface area contributed by atoms with E-state index in [0.717, 1.165) is 29.9 Å². The average molecular weight is 568 g/mol. The average Bonchev–Trinajstić information content (AvgIpc) is 3.63. The van der Waals surface area contributed by atoms with Gasteiger partial charge in [0.15, 0.2) is 17.2 Å². The van der Waals surface area contributed by atoms with Crippen LogP contribution in [0, 0.1) is 0 Å². The third kappa shape index (κ3) is 5.87. The lowest BCUT2D eigenvalue weighted by Gasteiger charge is -2.33. The van der Waals surface area contributed by atoms with Gasteiger partial charge in [-0.2, -0.15) is 4.37 Å². The van der Waals surface area contributed by atoms with Crippen LogP contribution in [0.1, 0.15) is 57.1 Å². The van der Waals surface area contributed by atoms with Crippen LogP contribution in [0.25, 0.3) is 0 Å². The minimum atomic E-state index is -1.15. The van der Waals surface area contributed by atoms with Crippen LogP contribution in [0.4, 0.5) is 11.4 Å². The fourth-order valence-electron chi connectivity index (χ4n) is 4.71. The summed E-state index contributed by atoms with van der Waals surface area (Å²) in [6.07, 6.45) is 2.22. The number of methoxy groups -OCH3 is 2. The van der Waals surface area contributed by atoms with Crippen molar-refractivity contribution in [3.63, 3.8) is 0 Å². The molecule has 212 valence electrons. The highest BCUT2D eigenvalue weighted by molar-refractivity contribution is 7.09. The van der Waals surface area contributed by atoms with Crippen LogP contribution in [-0.2, 0) is 16.0 Å². The number of nitrogens with two attached hydrogens (primary N) is 2. The zero-order valence-corrected chi connectivity index (χ0v) is 23.5. The predicted octanol–water partition coefficient (Wildman–Crippen LogP) is 3.09. The first-order valence-electron chi connectivity index (χ1n) is 12.9. The zero-order valence-electron chi connectivity index (χ0n) is 22.6. The van der Waals surface area contributed by atoms with E-state index in [1.165, 1.54) is 19.1 Å². The molecular weight excluding hydrogens is 534 g/mol. The highest BCUT2D eigenvalue weighted by Crippen LogP contribution is 2.38. The molecule has 2 atom stereocenters. The quantitative estimate of drug-likeness (QED) is 0.319. The van der Waals surface area contributed by atoms with Crippen molar-refractivity contribution in [2.24, 2.45) is 5.73 Å². The first-order valence-corrected chi connectivity index (χ1v) is 13.7. The van der Waals surface area contributed by atoms with Crippen molar-refractivity contribution in [2.75, 3.05) is 38.0 Å². The molecule has 0 unspecified atom stereocenters. The molecule has 1 aliphatic heterocycles. The Balaban J connectivity index is 1.89. The van der Waals surface area contributed by atoms with Crippen molar-refractivity contribution in [2.45, 2.75) is 38.3 Å². The fraction of sp³-hybridized carbons (Fsp3) is 0.357. The number of nitrogens with one attached hydrogen (secondary N) is 1. The summed E-state index contributed by atoms with van der Waals surface area (Å²) in [5.41, 5.74) is 13.1. The number of benzene rings is 2. The van der Waals surface area contributed by atoms with Crippen molar-refractivity contribution in [1.82, 2.24) is 9.69 Å². The first kappa shape index (κ1) is 28.8. The van der Waals surface area contributed by atoms with Gasteiger partial charge in [0.25, 0.3) is 11.8 Å². The van der Waals surface area contributed by atoms with Crippen LogP contribution in [0.3, 0.4) is 0 Å². The Hall–Kier alpha value is -4.16. The summed E-state index contributed by atoms with van der Waals surface area (Å²) in [6, 6.07) is 11.2. The number of amides is 3. The fourth-order valence-corrected chi connectivity index (χ4v) is 5.45. The number of anilines is 2. The number of carbonyl (C=O) groups excluding carboxylic acids is 3. The van der Waals surface area contributed by atoms with Gasteiger partial charge in [-0.05, 0) is 60.1 Å². The van der Waals surface area contributed by atoms with E-state index in [-0.39, 0.29) is 28.9 Å². The van der Waals surface area contributed by atoms with Gasteiger partial charge in [-0.1, -0.05) is 31.2 Å². The number of nitrogen functional groups attached to an aromatic ring is 1. The van der Waals surface area contributed by atoms with E-state index in [4.69, 9.17) is 25.7 Å². The number of hydrogen-bond donors (Lipinski definition) is 3. The molecule has 0 bridgehead atoms. The third-order valence-electron chi connectivity index (χ3n) is 6.76. The minimum absolute atomic E-state index is 0.00268. The molecule has 0 aliphatic carbocycles. The maximum Gasteiger partial charge on any atom is 0.273 e. The second-order valence-corrected chi connectivity index (χ2v) is 9.97. The molecule has 1 fully saturated rings. The molecule has 1 saturated heterocycles. The molecule has 40 heavy (non-hydrogen) atoms. The number of carbonyl (C=O) groups is 3. The standard InChI is InChI=1S/C28H33N5O6S/c1-4-16-8-5-6-10-19(16)33(28(36)25-22(29)23(26(30)34)32-40-25)24(27(35)31-15-18-9-7-13-39-18)17-11-12-20(37-2)21(14-17)38-3/h5-6,8,10-12,14,18,24H,4,7,9,13,15,29H2,1-3H3,(H2,30,34)(H,31,35)/t18-,24-/m1/s1. The van der Waals surface area contributed by atoms with Crippen molar-refractivity contribution in [3.05, 3.63) is 64.2 Å². The molecule has 2 aromatic carbocycles. The zero-order chi connectivity index (χ0) is 28.8. The summed E-state index contributed by atoms with van der Waals surface area (Å²) < 4.78 is 20.6. The SMILES string of the molecule is CCc1ccccc1N(C(=O)c1snc(C(N)=O)c1N)[C@@H](C(=O)NC[C@H]1CCCO1)c1ccc(OC)c(OC)c1. The predicted molar refractivity (Wildman–Crippen MR) is 152 cm³/mol. The summed E-state index contributed by atoms with van der Waals surface area (Å²) in [6.45, 7) is 2.88. The van der Waals surface area contributed by atoms with E-state index in [0.29, 0.717) is 35.8 Å². The number of nitrogens with zero attached hydrogens (tertiary/aromatic N) is 2. The van der Waals surface area contributed by atoms with E-state index in [1.54, 1.807) is 30.3 Å². The number of aromatic nitrogens is 1. The van der Waals surface area contributed by atoms with Gasteiger partial charge in [0.1, 0.15) is 10.9 Å². The Morgan fingerprint density at radius 2 is 1.93 bits per heavy atom. The topological polar surface area (TPSA) is 159 Å². The lowest BCUT2D eigenvalue weighted by molar-refractivity contribution is -0.123. The van der Waals surface area contributed by atoms with Crippen LogP contribution >= 0.6 is 11.5 Å². The smallest absolute Gasteiger partial charge is 0.273 e. The van der Waals surface area contributed by atoms with Crippen molar-refractivity contribution in [3.8, 4) is 11.5 Å². The highest BCUT2D eigenvalue weighted by atomic mass is 32.1. The lowest BCUT2D eigenvalue weighted by Crippen LogP contribution is -2.46. The molecular formula is C28H33N5O6S. The van der Waals surface area contributed by atoms with E-state index in [2.05, 4.69) is 9.69 Å². The summed E-state index contributed by atoms with van der Waals surface area (Å²) in [5.74, 6) is -1.02. The maximum absolute atomic E-state index is 14.3. The van der Waals surface area contributed by atoms with E-state index >= 15 is 0 Å². The molecule has 4 rings (SSSR count). The van der Waals surface area contributed by atoms with Crippen molar-refractivity contribution in [1.29, 1.82) is 0 Å². The Labute approximate surface area is 236 Å². The number of ether oxygens (including phenoxy) is 3. The van der Waals surface area contributed by atoms with Crippen molar-refractivity contribution >= 4 is 40.6 Å². The molecule has 0 radical (unpaired) electrons. The van der Waals surface area contributed by atoms with E-state index < -0.39 is 23.8 Å². The molecule has 1 aromatic heterocycles. The van der Waals surface area contributed by atoms with Gasteiger partial charge in [0.05, 0.1) is 26.0 Å². The molecule has 3 amide bonds. The Bertz CT molecular complexity index is 1390. The highest BCUT2D eigenvalue weighted by Gasteiger charge is 2.37. The summed E-state index contributed by atoms with van der Waals surface area (Å²) in [4.78, 5) is 41.6. The molecule has 1 aliphatic rings. The molecule has 0 saturated carbocycles. The Morgan fingerprint density at radius 1 is 1.18 bits per heavy atom. The van der Waals surface area contributed by atoms with Gasteiger partial charge in [-0.3, -0.25) is 19.3 Å². The summed E-state index contributed by atoms with van der Waals surface area (Å²) in [7, 11) is 3.01. The maximum atomic E-state index is 14.3. The first-order chi connectivity index (χ1) is 19.3. The molecule has 11 nitrogen and oxygen atoms in total. The lowest BCUT2D eigenvalue weighted by atomic mass is 9.99. The van der Waals surface area contributed by atoms with Gasteiger partial charge in [0, 0.05) is 18.8 Å². The molecule has 3 aromatic rings. The normalized spacial score (nSPS) is 15.3. The van der Waals surface area contributed by atoms with Crippen LogP contribution < -0.4 is 31.2 Å². The number of hydrogen-bond acceptors (Lipinski definition) is 9. The second-order valence-electron chi connectivity index (χ2n) is 9.19. The van der Waals surface area contributed by atoms with Gasteiger partial charge in [0.2, 0.25) is 5.91 Å². The molecule has 0 spiro atoms. The van der Waals surface area contributed by atoms with Crippen LogP contribution in [0.2, 0.25) is 0 Å². The number of para-hydroxylation sites is 1. The number of primary amides is 1. The van der Waals surface area contributed by atoms with Gasteiger partial charge in [-0.15, -0.1) is 0 Å². The number of aryl methyl sites for hydroxylation is 1. The Morgan fingerprint density at radius 3 is 2.55 bits per heavy atom. The van der Waals surface area contributed by atoms with Gasteiger partial charge in [-0.25, -0.2) is 0 Å². The van der Waals surface area contributed by atoms with E-state index in [9.17, 15) is 14.4 Å².